The second-order valence-electron chi connectivity index (χ2n) is 5.08. The molecular weight excluding hydrogens is 291 g/mol. The van der Waals surface area contributed by atoms with E-state index < -0.39 is 28.9 Å². The van der Waals surface area contributed by atoms with Gasteiger partial charge in [0, 0.05) is 24.1 Å². The van der Waals surface area contributed by atoms with Crippen molar-refractivity contribution in [3.05, 3.63) is 35.1 Å². The van der Waals surface area contributed by atoms with Gasteiger partial charge in [-0.1, -0.05) is 6.42 Å². The van der Waals surface area contributed by atoms with Crippen LogP contribution < -0.4 is 5.32 Å². The van der Waals surface area contributed by atoms with E-state index in [1.54, 1.807) is 0 Å². The van der Waals surface area contributed by atoms with Crippen molar-refractivity contribution >= 4 is 17.5 Å². The third-order valence-electron chi connectivity index (χ3n) is 3.50. The lowest BCUT2D eigenvalue weighted by atomic mass is 9.89. The van der Waals surface area contributed by atoms with Crippen LogP contribution in [0.1, 0.15) is 36.0 Å². The lowest BCUT2D eigenvalue weighted by Crippen LogP contribution is -2.33. The fourth-order valence-electron chi connectivity index (χ4n) is 2.50. The van der Waals surface area contributed by atoms with Crippen LogP contribution in [-0.2, 0) is 0 Å². The van der Waals surface area contributed by atoms with Gasteiger partial charge in [0.1, 0.15) is 23.0 Å². The minimum absolute atomic E-state index is 0.0879. The van der Waals surface area contributed by atoms with Crippen LogP contribution in [0.15, 0.2) is 12.1 Å². The first-order valence-electron chi connectivity index (χ1n) is 6.54. The smallest absolute Gasteiger partial charge is 0.257 e. The second-order valence-corrected chi connectivity index (χ2v) is 5.70. The normalized spacial score (nSPS) is 22.6. The lowest BCUT2D eigenvalue weighted by molar-refractivity contribution is 0.0935. The molecule has 1 fully saturated rings. The zero-order valence-electron chi connectivity index (χ0n) is 10.8. The van der Waals surface area contributed by atoms with Gasteiger partial charge in [0.25, 0.3) is 5.91 Å². The van der Waals surface area contributed by atoms with Gasteiger partial charge in [0.15, 0.2) is 0 Å². The highest BCUT2D eigenvalue weighted by atomic mass is 35.5. The Balaban J connectivity index is 1.98. The molecule has 1 aliphatic rings. The molecule has 1 saturated carbocycles. The number of benzene rings is 1. The van der Waals surface area contributed by atoms with E-state index >= 15 is 0 Å². The van der Waals surface area contributed by atoms with Gasteiger partial charge in [0.2, 0.25) is 0 Å². The van der Waals surface area contributed by atoms with Crippen molar-refractivity contribution in [1.82, 2.24) is 5.32 Å². The third kappa shape index (κ3) is 3.66. The minimum atomic E-state index is -1.20. The van der Waals surface area contributed by atoms with Crippen LogP contribution in [0.3, 0.4) is 0 Å². The molecule has 110 valence electrons. The zero-order chi connectivity index (χ0) is 14.7. The van der Waals surface area contributed by atoms with Crippen LogP contribution in [-0.4, -0.2) is 17.8 Å². The molecule has 2 unspecified atom stereocenters. The minimum Gasteiger partial charge on any atom is -0.352 e. The van der Waals surface area contributed by atoms with Crippen LogP contribution in [0.4, 0.5) is 13.2 Å². The lowest BCUT2D eigenvalue weighted by Gasteiger charge is -2.25. The Morgan fingerprint density at radius 3 is 2.50 bits per heavy atom. The summed E-state index contributed by atoms with van der Waals surface area (Å²) in [6.45, 7) is 0.318. The molecule has 0 aliphatic heterocycles. The summed E-state index contributed by atoms with van der Waals surface area (Å²) in [5.74, 6) is -4.09. The van der Waals surface area contributed by atoms with Crippen LogP contribution in [0, 0.1) is 23.4 Å². The molecule has 2 atom stereocenters. The van der Waals surface area contributed by atoms with E-state index in [9.17, 15) is 18.0 Å². The average Bonchev–Trinajstić information content (AvgIpc) is 2.35. The number of hydrogen-bond acceptors (Lipinski definition) is 1. The summed E-state index contributed by atoms with van der Waals surface area (Å²) in [4.78, 5) is 11.8. The van der Waals surface area contributed by atoms with Crippen molar-refractivity contribution in [2.45, 2.75) is 31.1 Å². The number of halogens is 4. The first-order valence-corrected chi connectivity index (χ1v) is 6.98. The van der Waals surface area contributed by atoms with Crippen molar-refractivity contribution in [3.8, 4) is 0 Å². The van der Waals surface area contributed by atoms with E-state index in [-0.39, 0.29) is 11.3 Å². The van der Waals surface area contributed by atoms with Gasteiger partial charge in [0.05, 0.1) is 0 Å². The van der Waals surface area contributed by atoms with Gasteiger partial charge in [-0.25, -0.2) is 13.2 Å². The van der Waals surface area contributed by atoms with E-state index in [2.05, 4.69) is 5.32 Å². The molecule has 1 amide bonds. The number of alkyl halides is 1. The molecule has 0 aromatic heterocycles. The summed E-state index contributed by atoms with van der Waals surface area (Å²) in [6, 6.07) is 0.987. The zero-order valence-corrected chi connectivity index (χ0v) is 11.5. The molecule has 1 aliphatic carbocycles. The van der Waals surface area contributed by atoms with Crippen molar-refractivity contribution in [3.63, 3.8) is 0 Å². The Bertz CT molecular complexity index is 486. The molecule has 0 spiro atoms. The van der Waals surface area contributed by atoms with Gasteiger partial charge in [-0.05, 0) is 25.2 Å². The summed E-state index contributed by atoms with van der Waals surface area (Å²) < 4.78 is 39.6. The standard InChI is InChI=1S/C14H15ClF3NO/c15-9-3-1-2-8(4-9)7-19-14(20)13-11(17)5-10(16)6-12(13)18/h5-6,8-9H,1-4,7H2,(H,19,20). The van der Waals surface area contributed by atoms with Gasteiger partial charge in [-0.2, -0.15) is 0 Å². The highest BCUT2D eigenvalue weighted by Crippen LogP contribution is 2.27. The third-order valence-corrected chi connectivity index (χ3v) is 3.90. The molecule has 1 N–H and O–H groups in total. The quantitative estimate of drug-likeness (QED) is 0.849. The first-order chi connectivity index (χ1) is 9.47. The van der Waals surface area contributed by atoms with Gasteiger partial charge in [-0.15, -0.1) is 11.6 Å². The van der Waals surface area contributed by atoms with E-state index in [0.29, 0.717) is 18.7 Å². The van der Waals surface area contributed by atoms with Crippen molar-refractivity contribution in [2.75, 3.05) is 6.54 Å². The SMILES string of the molecule is O=C(NCC1CCCC(Cl)C1)c1c(F)cc(F)cc1F. The number of rotatable bonds is 3. The number of hydrogen-bond donors (Lipinski definition) is 1. The van der Waals surface area contributed by atoms with Crippen molar-refractivity contribution in [2.24, 2.45) is 5.92 Å². The van der Waals surface area contributed by atoms with E-state index in [1.165, 1.54) is 0 Å². The van der Waals surface area contributed by atoms with Gasteiger partial charge in [-0.3, -0.25) is 4.79 Å². The van der Waals surface area contributed by atoms with Gasteiger partial charge < -0.3 is 5.32 Å². The van der Waals surface area contributed by atoms with Gasteiger partial charge >= 0.3 is 0 Å². The summed E-state index contributed by atoms with van der Waals surface area (Å²) in [5.41, 5.74) is -0.746. The summed E-state index contributed by atoms with van der Waals surface area (Å²) in [5, 5.41) is 2.58. The molecule has 6 heteroatoms. The Kier molecular flexibility index (Phi) is 4.91. The molecule has 20 heavy (non-hydrogen) atoms. The van der Waals surface area contributed by atoms with Crippen LogP contribution in [0.25, 0.3) is 0 Å². The number of nitrogens with one attached hydrogen (secondary N) is 1. The predicted octanol–water partition coefficient (Wildman–Crippen LogP) is 3.63. The highest BCUT2D eigenvalue weighted by molar-refractivity contribution is 6.20. The fourth-order valence-corrected chi connectivity index (χ4v) is 2.90. The number of carbonyl (C=O) groups excluding carboxylic acids is 1. The Labute approximate surface area is 120 Å². The highest BCUT2D eigenvalue weighted by Gasteiger charge is 2.23. The van der Waals surface area contributed by atoms with Crippen molar-refractivity contribution in [1.29, 1.82) is 0 Å². The maximum atomic E-state index is 13.4. The summed E-state index contributed by atoms with van der Waals surface area (Å²) in [7, 11) is 0. The summed E-state index contributed by atoms with van der Waals surface area (Å²) >= 11 is 6.04. The Morgan fingerprint density at radius 2 is 1.90 bits per heavy atom. The number of carbonyl (C=O) groups is 1. The molecule has 0 bridgehead atoms. The molecule has 0 heterocycles. The Morgan fingerprint density at radius 1 is 1.25 bits per heavy atom. The van der Waals surface area contributed by atoms with E-state index in [0.717, 1.165) is 25.7 Å². The molecule has 2 rings (SSSR count). The number of amides is 1. The molecule has 0 radical (unpaired) electrons. The van der Waals surface area contributed by atoms with E-state index in [1.807, 2.05) is 0 Å². The fraction of sp³-hybridized carbons (Fsp3) is 0.500. The monoisotopic (exact) mass is 305 g/mol. The molecule has 1 aromatic rings. The second kappa shape index (κ2) is 6.48. The van der Waals surface area contributed by atoms with E-state index in [4.69, 9.17) is 11.6 Å². The Hall–Kier alpha value is -1.23. The molecule has 1 aromatic carbocycles. The first kappa shape index (κ1) is 15.2. The predicted molar refractivity (Wildman–Crippen MR) is 70.2 cm³/mol. The topological polar surface area (TPSA) is 29.1 Å². The maximum Gasteiger partial charge on any atom is 0.257 e. The molecular formula is C14H15ClF3NO. The maximum absolute atomic E-state index is 13.4. The molecule has 0 saturated heterocycles. The van der Waals surface area contributed by atoms with Crippen LogP contribution in [0.2, 0.25) is 0 Å². The van der Waals surface area contributed by atoms with Crippen LogP contribution in [0.5, 0.6) is 0 Å². The summed E-state index contributed by atoms with van der Waals surface area (Å²) in [6.07, 6.45) is 3.63. The largest absolute Gasteiger partial charge is 0.352 e. The molecule has 2 nitrogen and oxygen atoms in total. The average molecular weight is 306 g/mol. The van der Waals surface area contributed by atoms with Crippen LogP contribution >= 0.6 is 11.6 Å². The van der Waals surface area contributed by atoms with Crippen molar-refractivity contribution < 1.29 is 18.0 Å².